The Morgan fingerprint density at radius 1 is 1.00 bits per heavy atom. The summed E-state index contributed by atoms with van der Waals surface area (Å²) in [6.07, 6.45) is 2.39. The number of nitrogens with zero attached hydrogens (tertiary/aromatic N) is 3. The molecule has 5 rings (SSSR count). The number of rotatable bonds is 4. The molecule has 2 aromatic rings. The summed E-state index contributed by atoms with van der Waals surface area (Å²) in [5.74, 6) is 0.140. The Kier molecular flexibility index (Phi) is 4.88. The van der Waals surface area contributed by atoms with Crippen LogP contribution in [0.15, 0.2) is 28.7 Å². The maximum atomic E-state index is 13.8. The highest BCUT2D eigenvalue weighted by Crippen LogP contribution is 2.40. The Labute approximate surface area is 191 Å². The van der Waals surface area contributed by atoms with Crippen LogP contribution in [0.2, 0.25) is 0 Å². The van der Waals surface area contributed by atoms with Gasteiger partial charge in [-0.3, -0.25) is 19.5 Å². The van der Waals surface area contributed by atoms with Gasteiger partial charge in [-0.1, -0.05) is 6.92 Å². The highest BCUT2D eigenvalue weighted by molar-refractivity contribution is 6.45. The molecule has 0 atom stereocenters. The number of aromatic amines is 1. The van der Waals surface area contributed by atoms with Gasteiger partial charge in [0.15, 0.2) is 11.5 Å². The van der Waals surface area contributed by atoms with Gasteiger partial charge in [0.1, 0.15) is 5.70 Å². The summed E-state index contributed by atoms with van der Waals surface area (Å²) in [4.78, 5) is 44.2. The third-order valence-corrected chi connectivity index (χ3v) is 6.34. The van der Waals surface area contributed by atoms with Gasteiger partial charge in [0.2, 0.25) is 6.79 Å². The van der Waals surface area contributed by atoms with Crippen LogP contribution in [0.25, 0.3) is 5.57 Å². The van der Waals surface area contributed by atoms with Crippen molar-refractivity contribution in [3.8, 4) is 11.5 Å². The fraction of sp³-hybridized carbons (Fsp3) is 0.458. The van der Waals surface area contributed by atoms with Gasteiger partial charge in [-0.2, -0.15) is 0 Å². The number of amides is 2. The maximum Gasteiger partial charge on any atom is 0.282 e. The Morgan fingerprint density at radius 3 is 2.36 bits per heavy atom. The minimum Gasteiger partial charge on any atom is -0.454 e. The molecule has 174 valence electrons. The molecule has 1 aromatic heterocycles. The number of likely N-dealkylation sites (tertiary alicyclic amines) is 1. The molecule has 0 bridgehead atoms. The lowest BCUT2D eigenvalue weighted by molar-refractivity contribution is -0.120. The first-order chi connectivity index (χ1) is 15.7. The normalized spacial score (nSPS) is 18.3. The molecule has 0 aliphatic carbocycles. The van der Waals surface area contributed by atoms with Crippen LogP contribution >= 0.6 is 0 Å². The van der Waals surface area contributed by atoms with Crippen LogP contribution in [0.4, 0.5) is 5.69 Å². The Hall–Kier alpha value is -3.49. The molecule has 3 aliphatic heterocycles. The van der Waals surface area contributed by atoms with Crippen molar-refractivity contribution in [2.75, 3.05) is 24.8 Å². The lowest BCUT2D eigenvalue weighted by Crippen LogP contribution is -2.35. The number of hydrogen-bond acceptors (Lipinski definition) is 6. The number of fused-ring (bicyclic) bond motifs is 1. The number of anilines is 1. The second kappa shape index (κ2) is 7.54. The molecule has 9 heteroatoms. The second-order valence-corrected chi connectivity index (χ2v) is 9.53. The first-order valence-electron chi connectivity index (χ1n) is 11.3. The minimum atomic E-state index is -0.504. The molecular formula is C24H28N4O5. The third kappa shape index (κ3) is 3.25. The number of aryl methyl sites for hydroxylation is 1. The van der Waals surface area contributed by atoms with E-state index in [1.807, 2.05) is 32.6 Å². The van der Waals surface area contributed by atoms with Gasteiger partial charge in [-0.05, 0) is 52.2 Å². The first-order valence-corrected chi connectivity index (χ1v) is 11.3. The van der Waals surface area contributed by atoms with E-state index in [-0.39, 0.29) is 23.5 Å². The number of benzene rings is 1. The van der Waals surface area contributed by atoms with Gasteiger partial charge in [-0.15, -0.1) is 0 Å². The minimum absolute atomic E-state index is 0.0960. The zero-order valence-corrected chi connectivity index (χ0v) is 19.4. The molecule has 2 amide bonds. The number of aromatic nitrogens is 2. The summed E-state index contributed by atoms with van der Waals surface area (Å²) < 4.78 is 12.4. The quantitative estimate of drug-likeness (QED) is 0.717. The van der Waals surface area contributed by atoms with Crippen molar-refractivity contribution in [3.63, 3.8) is 0 Å². The number of nitrogens with one attached hydrogen (secondary N) is 1. The predicted molar refractivity (Wildman–Crippen MR) is 122 cm³/mol. The van der Waals surface area contributed by atoms with Crippen LogP contribution in [-0.4, -0.2) is 46.4 Å². The van der Waals surface area contributed by atoms with Gasteiger partial charge in [0, 0.05) is 24.8 Å². The average molecular weight is 453 g/mol. The molecule has 0 saturated carbocycles. The van der Waals surface area contributed by atoms with Crippen molar-refractivity contribution < 1.29 is 19.1 Å². The number of carbonyl (C=O) groups excluding carboxylic acids is 2. The van der Waals surface area contributed by atoms with E-state index in [0.717, 1.165) is 17.7 Å². The number of carbonyl (C=O) groups is 2. The van der Waals surface area contributed by atoms with Crippen molar-refractivity contribution in [1.29, 1.82) is 0 Å². The molecule has 0 radical (unpaired) electrons. The zero-order chi connectivity index (χ0) is 23.5. The molecule has 1 saturated heterocycles. The number of hydrogen-bond donors (Lipinski definition) is 1. The SMILES string of the molecule is CCc1[nH]n(C(C)(C)C)c(=O)c1C1=C(N2CCCC2)C(=O)N(c2ccc3c(c2)OCO3)C1=O. The number of H-pyrrole nitrogens is 1. The van der Waals surface area contributed by atoms with E-state index in [1.165, 1.54) is 4.68 Å². The largest absolute Gasteiger partial charge is 0.454 e. The molecule has 4 heterocycles. The van der Waals surface area contributed by atoms with E-state index < -0.39 is 17.4 Å². The molecule has 33 heavy (non-hydrogen) atoms. The molecule has 1 fully saturated rings. The van der Waals surface area contributed by atoms with Crippen molar-refractivity contribution >= 4 is 23.1 Å². The summed E-state index contributed by atoms with van der Waals surface area (Å²) in [5, 5.41) is 3.18. The molecule has 0 unspecified atom stereocenters. The van der Waals surface area contributed by atoms with Crippen LogP contribution in [0.3, 0.4) is 0 Å². The average Bonchev–Trinajstić information content (AvgIpc) is 3.53. The predicted octanol–water partition coefficient (Wildman–Crippen LogP) is 2.60. The lowest BCUT2D eigenvalue weighted by Gasteiger charge is -2.20. The van der Waals surface area contributed by atoms with Gasteiger partial charge in [-0.25, -0.2) is 9.58 Å². The van der Waals surface area contributed by atoms with Crippen LogP contribution in [0, 0.1) is 0 Å². The van der Waals surface area contributed by atoms with E-state index in [4.69, 9.17) is 9.47 Å². The van der Waals surface area contributed by atoms with Crippen molar-refractivity contribution in [3.05, 3.63) is 45.5 Å². The van der Waals surface area contributed by atoms with Crippen molar-refractivity contribution in [2.24, 2.45) is 0 Å². The first kappa shape index (κ1) is 21.4. The highest BCUT2D eigenvalue weighted by Gasteiger charge is 2.45. The Balaban J connectivity index is 1.69. The molecular weight excluding hydrogens is 424 g/mol. The topological polar surface area (TPSA) is 96.9 Å². The molecule has 9 nitrogen and oxygen atoms in total. The fourth-order valence-electron chi connectivity index (χ4n) is 4.70. The summed E-state index contributed by atoms with van der Waals surface area (Å²) in [6.45, 7) is 9.13. The van der Waals surface area contributed by atoms with Crippen LogP contribution in [0.1, 0.15) is 51.8 Å². The monoisotopic (exact) mass is 452 g/mol. The van der Waals surface area contributed by atoms with E-state index in [1.54, 1.807) is 18.2 Å². The van der Waals surface area contributed by atoms with Crippen molar-refractivity contribution in [1.82, 2.24) is 14.7 Å². The van der Waals surface area contributed by atoms with E-state index >= 15 is 0 Å². The zero-order valence-electron chi connectivity index (χ0n) is 19.4. The molecule has 1 N–H and O–H groups in total. The lowest BCUT2D eigenvalue weighted by atomic mass is 10.0. The van der Waals surface area contributed by atoms with Gasteiger partial charge < -0.3 is 14.4 Å². The summed E-state index contributed by atoms with van der Waals surface area (Å²) in [7, 11) is 0. The summed E-state index contributed by atoms with van der Waals surface area (Å²) in [5.41, 5.74) is 1.02. The fourth-order valence-corrected chi connectivity index (χ4v) is 4.70. The van der Waals surface area contributed by atoms with Crippen LogP contribution < -0.4 is 19.9 Å². The number of ether oxygens (including phenoxy) is 2. The maximum absolute atomic E-state index is 13.8. The molecule has 3 aliphatic rings. The highest BCUT2D eigenvalue weighted by atomic mass is 16.7. The number of imide groups is 1. The van der Waals surface area contributed by atoms with Gasteiger partial charge in [0.25, 0.3) is 17.4 Å². The van der Waals surface area contributed by atoms with E-state index in [2.05, 4.69) is 5.10 Å². The van der Waals surface area contributed by atoms with E-state index in [9.17, 15) is 14.4 Å². The van der Waals surface area contributed by atoms with E-state index in [0.29, 0.717) is 48.1 Å². The Morgan fingerprint density at radius 2 is 1.70 bits per heavy atom. The van der Waals surface area contributed by atoms with Crippen molar-refractivity contribution in [2.45, 2.75) is 52.5 Å². The van der Waals surface area contributed by atoms with Crippen LogP contribution in [-0.2, 0) is 21.5 Å². The standard InChI is InChI=1S/C24H28N4O5/c1-5-15-18(22(30)28(25-15)24(2,3)4)19-20(26-10-6-7-11-26)23(31)27(21(19)29)14-8-9-16-17(12-14)33-13-32-16/h8-9,12,25H,5-7,10-11,13H2,1-4H3. The summed E-state index contributed by atoms with van der Waals surface area (Å²) >= 11 is 0. The van der Waals surface area contributed by atoms with Gasteiger partial charge >= 0.3 is 0 Å². The van der Waals surface area contributed by atoms with Gasteiger partial charge in [0.05, 0.1) is 22.4 Å². The summed E-state index contributed by atoms with van der Waals surface area (Å²) in [6, 6.07) is 4.99. The smallest absolute Gasteiger partial charge is 0.282 e. The molecule has 1 aromatic carbocycles. The third-order valence-electron chi connectivity index (χ3n) is 6.34. The Bertz CT molecular complexity index is 1240. The van der Waals surface area contributed by atoms with Crippen LogP contribution in [0.5, 0.6) is 11.5 Å². The second-order valence-electron chi connectivity index (χ2n) is 9.53. The molecule has 0 spiro atoms.